The van der Waals surface area contributed by atoms with Gasteiger partial charge in [-0.2, -0.15) is 0 Å². The number of ether oxygens (including phenoxy) is 1. The molecule has 0 aliphatic heterocycles. The number of carbonyl (C=O) groups is 1. The molecule has 0 saturated carbocycles. The molecule has 0 aromatic heterocycles. The van der Waals surface area contributed by atoms with Crippen LogP contribution in [0.2, 0.25) is 5.02 Å². The minimum absolute atomic E-state index is 0.00402. The Bertz CT molecular complexity index is 438. The van der Waals surface area contributed by atoms with Crippen LogP contribution in [0.25, 0.3) is 0 Å². The van der Waals surface area contributed by atoms with Crippen molar-refractivity contribution in [2.45, 2.75) is 20.0 Å². The first-order chi connectivity index (χ1) is 8.45. The largest absolute Gasteiger partial charge is 0.399 e. The van der Waals surface area contributed by atoms with Gasteiger partial charge >= 0.3 is 0 Å². The third-order valence-corrected chi connectivity index (χ3v) is 2.69. The highest BCUT2D eigenvalue weighted by Crippen LogP contribution is 2.29. The number of carbonyl (C=O) groups excluding carboxylic acids is 1. The highest BCUT2D eigenvalue weighted by atomic mass is 35.5. The molecule has 0 saturated heterocycles. The number of rotatable bonds is 6. The molecule has 1 aromatic rings. The van der Waals surface area contributed by atoms with Crippen molar-refractivity contribution in [3.8, 4) is 0 Å². The Kier molecular flexibility index (Phi) is 5.25. The number of hydrogen-bond acceptors (Lipinski definition) is 4. The fourth-order valence-corrected chi connectivity index (χ4v) is 1.89. The van der Waals surface area contributed by atoms with Gasteiger partial charge in [0.2, 0.25) is 0 Å². The molecule has 5 N–H and O–H groups in total. The van der Waals surface area contributed by atoms with Gasteiger partial charge in [0.1, 0.15) is 0 Å². The highest BCUT2D eigenvalue weighted by Gasteiger charge is 2.14. The molecule has 1 amide bonds. The maximum absolute atomic E-state index is 11.3. The molecule has 1 aromatic carbocycles. The molecule has 1 unspecified atom stereocenters. The number of nitrogens with one attached hydrogen (secondary N) is 1. The van der Waals surface area contributed by atoms with E-state index in [1.54, 1.807) is 6.07 Å². The Morgan fingerprint density at radius 2 is 2.22 bits per heavy atom. The number of benzene rings is 1. The summed E-state index contributed by atoms with van der Waals surface area (Å²) in [5.41, 5.74) is 12.1. The van der Waals surface area contributed by atoms with E-state index in [2.05, 4.69) is 5.32 Å². The summed E-state index contributed by atoms with van der Waals surface area (Å²) >= 11 is 6.05. The van der Waals surface area contributed by atoms with Gasteiger partial charge in [0.15, 0.2) is 0 Å². The number of halogens is 1. The van der Waals surface area contributed by atoms with Crippen molar-refractivity contribution in [3.05, 3.63) is 22.7 Å². The number of nitrogen functional groups attached to an aromatic ring is 1. The summed E-state index contributed by atoms with van der Waals surface area (Å²) < 4.78 is 5.38. The van der Waals surface area contributed by atoms with Gasteiger partial charge in [-0.25, -0.2) is 0 Å². The lowest BCUT2D eigenvalue weighted by atomic mass is 10.1. The van der Waals surface area contributed by atoms with E-state index in [0.717, 1.165) is 0 Å². The fourth-order valence-electron chi connectivity index (χ4n) is 1.59. The van der Waals surface area contributed by atoms with E-state index in [1.165, 1.54) is 6.07 Å². The maximum Gasteiger partial charge on any atom is 0.250 e. The Hall–Kier alpha value is -1.46. The molecule has 0 bridgehead atoms. The summed E-state index contributed by atoms with van der Waals surface area (Å²) in [6.45, 7) is 4.99. The Labute approximate surface area is 111 Å². The van der Waals surface area contributed by atoms with Crippen LogP contribution in [-0.4, -0.2) is 25.2 Å². The molecule has 0 radical (unpaired) electrons. The minimum atomic E-state index is -0.573. The SMILES string of the molecule is CCOC(C)CNc1c(Cl)cc(N)cc1C(N)=O. The zero-order valence-electron chi connectivity index (χ0n) is 10.5. The first-order valence-corrected chi connectivity index (χ1v) is 6.07. The van der Waals surface area contributed by atoms with Crippen LogP contribution >= 0.6 is 11.6 Å². The van der Waals surface area contributed by atoms with E-state index >= 15 is 0 Å². The first kappa shape index (κ1) is 14.6. The smallest absolute Gasteiger partial charge is 0.250 e. The van der Waals surface area contributed by atoms with Crippen molar-refractivity contribution >= 4 is 28.9 Å². The van der Waals surface area contributed by atoms with Crippen LogP contribution in [0.3, 0.4) is 0 Å². The van der Waals surface area contributed by atoms with Gasteiger partial charge in [-0.1, -0.05) is 11.6 Å². The van der Waals surface area contributed by atoms with Gasteiger partial charge in [0.05, 0.1) is 22.4 Å². The van der Waals surface area contributed by atoms with Crippen LogP contribution in [0.1, 0.15) is 24.2 Å². The van der Waals surface area contributed by atoms with Crippen molar-refractivity contribution in [3.63, 3.8) is 0 Å². The Morgan fingerprint density at radius 3 is 2.78 bits per heavy atom. The van der Waals surface area contributed by atoms with E-state index in [0.29, 0.717) is 29.5 Å². The van der Waals surface area contributed by atoms with Gasteiger partial charge in [-0.05, 0) is 26.0 Å². The third kappa shape index (κ3) is 3.78. The van der Waals surface area contributed by atoms with Crippen LogP contribution in [0.5, 0.6) is 0 Å². The minimum Gasteiger partial charge on any atom is -0.399 e. The monoisotopic (exact) mass is 271 g/mol. The quantitative estimate of drug-likeness (QED) is 0.689. The van der Waals surface area contributed by atoms with Crippen LogP contribution in [0.4, 0.5) is 11.4 Å². The molecule has 6 heteroatoms. The summed E-state index contributed by atoms with van der Waals surface area (Å²) in [6.07, 6.45) is 0.00402. The highest BCUT2D eigenvalue weighted by molar-refractivity contribution is 6.34. The molecular formula is C12H18ClN3O2. The first-order valence-electron chi connectivity index (χ1n) is 5.70. The Morgan fingerprint density at radius 1 is 1.56 bits per heavy atom. The molecular weight excluding hydrogens is 254 g/mol. The van der Waals surface area contributed by atoms with Crippen molar-refractivity contribution in [1.29, 1.82) is 0 Å². The van der Waals surface area contributed by atoms with Crippen LogP contribution in [0.15, 0.2) is 12.1 Å². The van der Waals surface area contributed by atoms with E-state index in [-0.39, 0.29) is 11.7 Å². The predicted molar refractivity (Wildman–Crippen MR) is 74.0 cm³/mol. The number of anilines is 2. The summed E-state index contributed by atoms with van der Waals surface area (Å²) in [4.78, 5) is 11.3. The second kappa shape index (κ2) is 6.47. The van der Waals surface area contributed by atoms with Gasteiger partial charge in [0, 0.05) is 18.8 Å². The van der Waals surface area contributed by atoms with Crippen LogP contribution < -0.4 is 16.8 Å². The van der Waals surface area contributed by atoms with Crippen molar-refractivity contribution < 1.29 is 9.53 Å². The van der Waals surface area contributed by atoms with E-state index in [1.807, 2.05) is 13.8 Å². The summed E-state index contributed by atoms with van der Waals surface area (Å²) in [5.74, 6) is -0.573. The second-order valence-corrected chi connectivity index (χ2v) is 4.34. The summed E-state index contributed by atoms with van der Waals surface area (Å²) in [7, 11) is 0. The van der Waals surface area contributed by atoms with Gasteiger partial charge < -0.3 is 21.5 Å². The lowest BCUT2D eigenvalue weighted by Crippen LogP contribution is -2.22. The predicted octanol–water partition coefficient (Wildman–Crippen LogP) is 1.86. The molecule has 5 nitrogen and oxygen atoms in total. The molecule has 0 aliphatic rings. The van der Waals surface area contributed by atoms with Crippen molar-refractivity contribution in [2.24, 2.45) is 5.73 Å². The van der Waals surface area contributed by atoms with E-state index in [9.17, 15) is 4.79 Å². The summed E-state index contributed by atoms with van der Waals surface area (Å²) in [6, 6.07) is 3.07. The van der Waals surface area contributed by atoms with Crippen LogP contribution in [-0.2, 0) is 4.74 Å². The van der Waals surface area contributed by atoms with Gasteiger partial charge in [0.25, 0.3) is 5.91 Å². The Balaban J connectivity index is 2.90. The van der Waals surface area contributed by atoms with Crippen LogP contribution in [0, 0.1) is 0 Å². The number of amides is 1. The van der Waals surface area contributed by atoms with E-state index < -0.39 is 5.91 Å². The number of primary amides is 1. The average Bonchev–Trinajstić information content (AvgIpc) is 2.27. The van der Waals surface area contributed by atoms with Gasteiger partial charge in [-0.3, -0.25) is 4.79 Å². The molecule has 1 atom stereocenters. The molecule has 0 heterocycles. The lowest BCUT2D eigenvalue weighted by molar-refractivity contribution is 0.0854. The molecule has 0 fully saturated rings. The normalized spacial score (nSPS) is 12.2. The molecule has 18 heavy (non-hydrogen) atoms. The average molecular weight is 272 g/mol. The fraction of sp³-hybridized carbons (Fsp3) is 0.417. The second-order valence-electron chi connectivity index (χ2n) is 3.94. The molecule has 0 spiro atoms. The third-order valence-electron chi connectivity index (χ3n) is 2.40. The standard InChI is InChI=1S/C12H18ClN3O2/c1-3-18-7(2)6-16-11-9(12(15)17)4-8(14)5-10(11)13/h4-5,7,16H,3,6,14H2,1-2H3,(H2,15,17). The zero-order chi connectivity index (χ0) is 13.7. The van der Waals surface area contributed by atoms with E-state index in [4.69, 9.17) is 27.8 Å². The molecule has 0 aliphatic carbocycles. The topological polar surface area (TPSA) is 90.4 Å². The maximum atomic E-state index is 11.3. The molecule has 100 valence electrons. The van der Waals surface area contributed by atoms with Crippen molar-refractivity contribution in [2.75, 3.05) is 24.2 Å². The summed E-state index contributed by atoms with van der Waals surface area (Å²) in [5, 5.41) is 3.43. The zero-order valence-corrected chi connectivity index (χ0v) is 11.3. The number of hydrogen-bond donors (Lipinski definition) is 3. The number of nitrogens with two attached hydrogens (primary N) is 2. The molecule has 1 rings (SSSR count). The van der Waals surface area contributed by atoms with Crippen molar-refractivity contribution in [1.82, 2.24) is 0 Å². The lowest BCUT2D eigenvalue weighted by Gasteiger charge is -2.16. The van der Waals surface area contributed by atoms with Gasteiger partial charge in [-0.15, -0.1) is 0 Å².